The smallest absolute Gasteiger partial charge is 0.550 e. The molecule has 2 rings (SSSR count). The Labute approximate surface area is 434 Å². The number of unbranched alkanes of at least 4 members (excludes halogenated alkanes) is 20. The normalized spacial score (nSPS) is 11.7. The average molecular weight is 1030 g/mol. The van der Waals surface area contributed by atoms with Crippen LogP contribution in [-0.2, 0) is 51.3 Å². The maximum atomic E-state index is 11.3. The molecule has 0 spiro atoms. The third-order valence-electron chi connectivity index (χ3n) is 11.3. The van der Waals surface area contributed by atoms with Gasteiger partial charge in [-0.2, -0.15) is 0 Å². The number of aliphatic carboxylic acids is 2. The van der Waals surface area contributed by atoms with Crippen molar-refractivity contribution in [1.82, 2.24) is 0 Å². The van der Waals surface area contributed by atoms with Crippen molar-refractivity contribution in [2.24, 2.45) is 0 Å². The molecule has 2 aromatic carbocycles. The summed E-state index contributed by atoms with van der Waals surface area (Å²) in [5.74, 6) is -2.37. The zero-order chi connectivity index (χ0) is 46.6. The summed E-state index contributed by atoms with van der Waals surface area (Å²) in [6.07, 6.45) is 30.2. The van der Waals surface area contributed by atoms with E-state index < -0.39 is 11.9 Å². The number of carboxylic acids is 2. The van der Waals surface area contributed by atoms with E-state index in [2.05, 4.69) is 24.3 Å². The standard InChI is InChI=1S/2C27H44O5.Ba/c2*1-24(28)32-26(20-14-7-8-15-21-27(29)30)19-13-6-4-2-3-5-9-16-22-31-23-25-17-11-10-12-18-25;/h2*10-12,17-18,26H,2-9,13-16,19-23H2,1H3,(H,29,30);/q;;+2/p-2. The Kier molecular flexibility index (Phi) is 45.3. The van der Waals surface area contributed by atoms with Gasteiger partial charge in [0.05, 0.1) is 13.2 Å². The molecule has 0 aliphatic heterocycles. The summed E-state index contributed by atoms with van der Waals surface area (Å²) in [4.78, 5) is 43.5. The molecule has 0 heterocycles. The van der Waals surface area contributed by atoms with E-state index in [4.69, 9.17) is 18.9 Å². The van der Waals surface area contributed by atoms with Crippen LogP contribution in [0.4, 0.5) is 0 Å². The van der Waals surface area contributed by atoms with Crippen molar-refractivity contribution in [3.63, 3.8) is 0 Å². The van der Waals surface area contributed by atoms with Crippen LogP contribution in [0.5, 0.6) is 0 Å². The molecule has 65 heavy (non-hydrogen) atoms. The van der Waals surface area contributed by atoms with Crippen molar-refractivity contribution >= 4 is 72.8 Å². The first-order valence-electron chi connectivity index (χ1n) is 25.1. The minimum Gasteiger partial charge on any atom is -0.550 e. The summed E-state index contributed by atoms with van der Waals surface area (Å²) in [6.45, 7) is 6.03. The molecule has 0 aliphatic carbocycles. The first-order chi connectivity index (χ1) is 31.2. The van der Waals surface area contributed by atoms with Crippen molar-refractivity contribution in [2.45, 2.75) is 232 Å². The molecule has 0 saturated heterocycles. The van der Waals surface area contributed by atoms with E-state index in [1.807, 2.05) is 36.4 Å². The van der Waals surface area contributed by atoms with E-state index in [1.54, 1.807) is 0 Å². The Balaban J connectivity index is 0.00000124. The summed E-state index contributed by atoms with van der Waals surface area (Å²) in [5.41, 5.74) is 2.47. The topological polar surface area (TPSA) is 151 Å². The summed E-state index contributed by atoms with van der Waals surface area (Å²) < 4.78 is 22.4. The van der Waals surface area contributed by atoms with Crippen LogP contribution in [0.25, 0.3) is 0 Å². The average Bonchev–Trinajstić information content (AvgIpc) is 3.26. The number of esters is 2. The third kappa shape index (κ3) is 45.4. The first-order valence-corrected chi connectivity index (χ1v) is 25.1. The second kappa shape index (κ2) is 46.9. The van der Waals surface area contributed by atoms with E-state index in [0.717, 1.165) is 103 Å². The fourth-order valence-electron chi connectivity index (χ4n) is 7.79. The molecule has 0 N–H and O–H groups in total. The quantitative estimate of drug-likeness (QED) is 0.0357. The van der Waals surface area contributed by atoms with Crippen LogP contribution in [-0.4, -0.2) is 98.2 Å². The molecule has 10 nitrogen and oxygen atoms in total. The molecule has 0 fully saturated rings. The molecule has 11 heteroatoms. The van der Waals surface area contributed by atoms with Gasteiger partial charge in [-0.15, -0.1) is 0 Å². The molecule has 2 aromatic rings. The van der Waals surface area contributed by atoms with Crippen LogP contribution in [0, 0.1) is 0 Å². The van der Waals surface area contributed by atoms with Gasteiger partial charge in [-0.1, -0.05) is 163 Å². The number of carbonyl (C=O) groups excluding carboxylic acids is 4. The minimum atomic E-state index is -0.976. The number of hydrogen-bond acceptors (Lipinski definition) is 10. The van der Waals surface area contributed by atoms with Crippen LogP contribution in [0.2, 0.25) is 0 Å². The Morgan fingerprint density at radius 2 is 0.662 bits per heavy atom. The van der Waals surface area contributed by atoms with Crippen LogP contribution in [0.1, 0.15) is 218 Å². The van der Waals surface area contributed by atoms with Crippen LogP contribution >= 0.6 is 0 Å². The second-order valence-electron chi connectivity index (χ2n) is 17.4. The van der Waals surface area contributed by atoms with Crippen LogP contribution < -0.4 is 10.2 Å². The molecular weight excluding hydrogens is 946 g/mol. The van der Waals surface area contributed by atoms with E-state index in [9.17, 15) is 29.4 Å². The fourth-order valence-corrected chi connectivity index (χ4v) is 7.79. The molecule has 364 valence electrons. The van der Waals surface area contributed by atoms with Gasteiger partial charge in [0.25, 0.3) is 0 Å². The van der Waals surface area contributed by atoms with Crippen LogP contribution in [0.3, 0.4) is 0 Å². The van der Waals surface area contributed by atoms with Gasteiger partial charge >= 0.3 is 60.8 Å². The maximum absolute atomic E-state index is 11.3. The number of hydrogen-bond donors (Lipinski definition) is 0. The largest absolute Gasteiger partial charge is 2.00 e. The number of carboxylic acid groups (broad SMARTS) is 2. The van der Waals surface area contributed by atoms with Gasteiger partial charge in [0.1, 0.15) is 12.2 Å². The van der Waals surface area contributed by atoms with Gasteiger partial charge < -0.3 is 38.7 Å². The first kappa shape index (κ1) is 62.8. The zero-order valence-electron chi connectivity index (χ0n) is 40.8. The molecule has 0 aromatic heterocycles. The molecule has 0 radical (unpaired) electrons. The monoisotopic (exact) mass is 1030 g/mol. The number of carbonyl (C=O) groups is 4. The molecule has 0 amide bonds. The fraction of sp³-hybridized carbons (Fsp3) is 0.704. The molecule has 0 bridgehead atoms. The predicted molar refractivity (Wildman–Crippen MR) is 258 cm³/mol. The summed E-state index contributed by atoms with van der Waals surface area (Å²) in [6, 6.07) is 20.6. The predicted octanol–water partition coefficient (Wildman–Crippen LogP) is 11.1. The third-order valence-corrected chi connectivity index (χ3v) is 11.3. The van der Waals surface area contributed by atoms with E-state index in [0.29, 0.717) is 26.1 Å². The van der Waals surface area contributed by atoms with Gasteiger partial charge in [-0.25, -0.2) is 0 Å². The second-order valence-corrected chi connectivity index (χ2v) is 17.4. The van der Waals surface area contributed by atoms with E-state index in [1.165, 1.54) is 102 Å². The van der Waals surface area contributed by atoms with Gasteiger partial charge in [-0.05, 0) is 101 Å². The molecule has 2 atom stereocenters. The molecule has 0 aliphatic rings. The van der Waals surface area contributed by atoms with Crippen molar-refractivity contribution in [3.8, 4) is 0 Å². The van der Waals surface area contributed by atoms with Crippen molar-refractivity contribution in [3.05, 3.63) is 71.8 Å². The Bertz CT molecular complexity index is 1290. The Morgan fingerprint density at radius 3 is 0.938 bits per heavy atom. The van der Waals surface area contributed by atoms with Crippen molar-refractivity contribution in [1.29, 1.82) is 0 Å². The summed E-state index contributed by atoms with van der Waals surface area (Å²) in [5, 5.41) is 20.8. The van der Waals surface area contributed by atoms with E-state index in [-0.39, 0.29) is 85.9 Å². The van der Waals surface area contributed by atoms with Crippen molar-refractivity contribution < 1.29 is 48.3 Å². The van der Waals surface area contributed by atoms with Crippen molar-refractivity contribution in [2.75, 3.05) is 13.2 Å². The molecule has 0 saturated carbocycles. The van der Waals surface area contributed by atoms with Crippen LogP contribution in [0.15, 0.2) is 60.7 Å². The SMILES string of the molecule is CC(=O)OC(CCCCCCCCCCOCc1ccccc1)CCCCCCC(=O)[O-].CC(=O)OC(CCCCCCCCCCOCc1ccccc1)CCCCCCC(=O)[O-].[Ba+2]. The molecule has 2 unspecified atom stereocenters. The Hall–Kier alpha value is -2.19. The number of benzene rings is 2. The van der Waals surface area contributed by atoms with Gasteiger partial charge in [0, 0.05) is 39.0 Å². The van der Waals surface area contributed by atoms with Gasteiger partial charge in [0.15, 0.2) is 0 Å². The summed E-state index contributed by atoms with van der Waals surface area (Å²) in [7, 11) is 0. The summed E-state index contributed by atoms with van der Waals surface area (Å²) >= 11 is 0. The number of rotatable bonds is 42. The van der Waals surface area contributed by atoms with Gasteiger partial charge in [-0.3, -0.25) is 9.59 Å². The minimum absolute atomic E-state index is 0. The van der Waals surface area contributed by atoms with Gasteiger partial charge in [0.2, 0.25) is 0 Å². The number of ether oxygens (including phenoxy) is 4. The zero-order valence-corrected chi connectivity index (χ0v) is 45.2. The molecular formula is C54H86BaO10. The maximum Gasteiger partial charge on any atom is 2.00 e. The van der Waals surface area contributed by atoms with E-state index >= 15 is 0 Å². The Morgan fingerprint density at radius 1 is 0.400 bits per heavy atom.